The van der Waals surface area contributed by atoms with Crippen molar-refractivity contribution in [3.05, 3.63) is 24.3 Å². The molecule has 0 saturated heterocycles. The Kier molecular flexibility index (Phi) is 4.21. The summed E-state index contributed by atoms with van der Waals surface area (Å²) in [6.45, 7) is 5.90. The number of carbonyl (C=O) groups is 1. The molecule has 1 aromatic carbocycles. The van der Waals surface area contributed by atoms with Crippen molar-refractivity contribution in [2.24, 2.45) is 0 Å². The third kappa shape index (κ3) is 3.79. The predicted octanol–water partition coefficient (Wildman–Crippen LogP) is 2.90. The highest BCUT2D eigenvalue weighted by Gasteiger charge is 2.14. The van der Waals surface area contributed by atoms with Gasteiger partial charge in [0.25, 0.3) is 0 Å². The zero-order valence-corrected chi connectivity index (χ0v) is 14.2. The van der Waals surface area contributed by atoms with E-state index in [1.54, 1.807) is 0 Å². The van der Waals surface area contributed by atoms with Crippen LogP contribution in [-0.4, -0.2) is 37.4 Å². The Morgan fingerprint density at radius 3 is 2.83 bits per heavy atom. The molecule has 2 N–H and O–H groups in total. The summed E-state index contributed by atoms with van der Waals surface area (Å²) in [5.74, 6) is 0.652. The van der Waals surface area contributed by atoms with Crippen LogP contribution in [0.4, 0.5) is 0 Å². The van der Waals surface area contributed by atoms with Crippen molar-refractivity contribution in [2.75, 3.05) is 5.75 Å². The van der Waals surface area contributed by atoms with Gasteiger partial charge in [0.05, 0.1) is 0 Å². The van der Waals surface area contributed by atoms with Crippen molar-refractivity contribution in [1.82, 2.24) is 25.5 Å². The number of nitrogens with one attached hydrogen (secondary N) is 2. The molecule has 0 bridgehead atoms. The number of carbonyl (C=O) groups excluding carboxylic acids is 1. The minimum Gasteiger partial charge on any atom is -0.351 e. The molecule has 0 unspecified atom stereocenters. The van der Waals surface area contributed by atoms with Crippen LogP contribution < -0.4 is 5.32 Å². The van der Waals surface area contributed by atoms with Crippen LogP contribution in [0.5, 0.6) is 0 Å². The lowest BCUT2D eigenvalue weighted by Crippen LogP contribution is -2.40. The maximum atomic E-state index is 11.8. The largest absolute Gasteiger partial charge is 0.351 e. The van der Waals surface area contributed by atoms with Gasteiger partial charge in [0, 0.05) is 28.6 Å². The first-order valence-corrected chi connectivity index (χ1v) is 8.46. The Labute approximate surface area is 138 Å². The molecule has 0 aliphatic rings. The molecule has 0 spiro atoms. The lowest BCUT2D eigenvalue weighted by molar-refractivity contribution is -0.122. The first-order valence-electron chi connectivity index (χ1n) is 7.47. The third-order valence-corrected chi connectivity index (χ3v) is 4.02. The average Bonchev–Trinajstić information content (AvgIpc) is 2.83. The topological polar surface area (TPSA) is 83.6 Å². The van der Waals surface area contributed by atoms with Crippen LogP contribution in [0.25, 0.3) is 22.1 Å². The molecule has 0 fully saturated rings. The van der Waals surface area contributed by atoms with Crippen LogP contribution in [0.2, 0.25) is 0 Å². The number of para-hydroxylation sites is 1. The zero-order chi connectivity index (χ0) is 16.4. The van der Waals surface area contributed by atoms with Gasteiger partial charge in [-0.1, -0.05) is 30.0 Å². The summed E-state index contributed by atoms with van der Waals surface area (Å²) in [5.41, 5.74) is 2.29. The maximum Gasteiger partial charge on any atom is 0.221 e. The number of nitrogens with zero attached hydrogens (tertiary/aromatic N) is 3. The van der Waals surface area contributed by atoms with E-state index in [9.17, 15) is 4.79 Å². The summed E-state index contributed by atoms with van der Waals surface area (Å²) < 4.78 is 0. The number of hydrogen-bond acceptors (Lipinski definition) is 5. The Morgan fingerprint density at radius 1 is 1.26 bits per heavy atom. The van der Waals surface area contributed by atoms with Gasteiger partial charge in [0.1, 0.15) is 5.52 Å². The maximum absolute atomic E-state index is 11.8. The lowest BCUT2D eigenvalue weighted by Gasteiger charge is -2.20. The molecule has 1 amide bonds. The highest BCUT2D eigenvalue weighted by atomic mass is 32.2. The first-order chi connectivity index (χ1) is 10.9. The average molecular weight is 329 g/mol. The van der Waals surface area contributed by atoms with Gasteiger partial charge < -0.3 is 10.3 Å². The number of rotatable bonds is 4. The molecule has 3 rings (SSSR count). The molecule has 2 aromatic heterocycles. The van der Waals surface area contributed by atoms with Gasteiger partial charge in [-0.05, 0) is 26.8 Å². The Morgan fingerprint density at radius 2 is 2.04 bits per heavy atom. The van der Waals surface area contributed by atoms with Crippen molar-refractivity contribution in [1.29, 1.82) is 0 Å². The summed E-state index contributed by atoms with van der Waals surface area (Å²) in [6, 6.07) is 7.92. The molecule has 3 aromatic rings. The normalized spacial score (nSPS) is 12.0. The fourth-order valence-electron chi connectivity index (χ4n) is 2.28. The number of hydrogen-bond donors (Lipinski definition) is 2. The number of thioether (sulfide) groups is 1. The van der Waals surface area contributed by atoms with E-state index in [0.717, 1.165) is 22.1 Å². The van der Waals surface area contributed by atoms with Crippen molar-refractivity contribution in [3.63, 3.8) is 0 Å². The number of fused-ring (bicyclic) bond motifs is 3. The number of aromatic amines is 1. The van der Waals surface area contributed by atoms with E-state index in [2.05, 4.69) is 25.5 Å². The molecule has 0 radical (unpaired) electrons. The van der Waals surface area contributed by atoms with Crippen molar-refractivity contribution >= 4 is 39.7 Å². The smallest absolute Gasteiger partial charge is 0.221 e. The quantitative estimate of drug-likeness (QED) is 0.719. The summed E-state index contributed by atoms with van der Waals surface area (Å²) in [7, 11) is 0. The monoisotopic (exact) mass is 329 g/mol. The molecule has 120 valence electrons. The van der Waals surface area contributed by atoms with Crippen molar-refractivity contribution in [2.45, 2.75) is 37.9 Å². The van der Waals surface area contributed by atoms with Crippen LogP contribution in [0.1, 0.15) is 27.2 Å². The number of H-pyrrole nitrogens is 1. The van der Waals surface area contributed by atoms with E-state index in [0.29, 0.717) is 17.3 Å². The SMILES string of the molecule is CC(C)(C)NC(=O)CCSc1nnc2c(n1)[nH]c1ccccc12. The van der Waals surface area contributed by atoms with Gasteiger partial charge >= 0.3 is 0 Å². The van der Waals surface area contributed by atoms with Gasteiger partial charge in [-0.2, -0.15) is 0 Å². The van der Waals surface area contributed by atoms with E-state index in [1.807, 2.05) is 45.0 Å². The minimum absolute atomic E-state index is 0.0321. The van der Waals surface area contributed by atoms with Crippen LogP contribution in [0, 0.1) is 0 Å². The highest BCUT2D eigenvalue weighted by molar-refractivity contribution is 7.99. The second-order valence-electron chi connectivity index (χ2n) is 6.36. The molecule has 0 atom stereocenters. The second-order valence-corrected chi connectivity index (χ2v) is 7.42. The molecular formula is C16H19N5OS. The summed E-state index contributed by atoms with van der Waals surface area (Å²) in [5, 5.41) is 12.9. The van der Waals surface area contributed by atoms with E-state index < -0.39 is 0 Å². The van der Waals surface area contributed by atoms with Crippen LogP contribution in [0.3, 0.4) is 0 Å². The van der Waals surface area contributed by atoms with Crippen LogP contribution in [-0.2, 0) is 4.79 Å². The van der Waals surface area contributed by atoms with Crippen molar-refractivity contribution in [3.8, 4) is 0 Å². The number of amides is 1. The summed E-state index contributed by atoms with van der Waals surface area (Å²) in [6.07, 6.45) is 0.427. The van der Waals surface area contributed by atoms with E-state index in [-0.39, 0.29) is 11.4 Å². The summed E-state index contributed by atoms with van der Waals surface area (Å²) in [4.78, 5) is 19.5. The van der Waals surface area contributed by atoms with Gasteiger partial charge in [-0.3, -0.25) is 4.79 Å². The lowest BCUT2D eigenvalue weighted by atomic mass is 10.1. The van der Waals surface area contributed by atoms with Crippen molar-refractivity contribution < 1.29 is 4.79 Å². The molecular weight excluding hydrogens is 310 g/mol. The molecule has 0 aliphatic carbocycles. The van der Waals surface area contributed by atoms with Crippen LogP contribution >= 0.6 is 11.8 Å². The molecule has 0 saturated carbocycles. The Balaban J connectivity index is 1.67. The molecule has 6 nitrogen and oxygen atoms in total. The van der Waals surface area contributed by atoms with E-state index >= 15 is 0 Å². The van der Waals surface area contributed by atoms with Gasteiger partial charge in [0.15, 0.2) is 5.65 Å². The predicted molar refractivity (Wildman–Crippen MR) is 92.4 cm³/mol. The van der Waals surface area contributed by atoms with Gasteiger partial charge in [0.2, 0.25) is 11.1 Å². The van der Waals surface area contributed by atoms with Gasteiger partial charge in [-0.25, -0.2) is 4.98 Å². The number of aromatic nitrogens is 4. The third-order valence-electron chi connectivity index (χ3n) is 3.18. The molecule has 7 heteroatoms. The van der Waals surface area contributed by atoms with E-state index in [4.69, 9.17) is 0 Å². The fraction of sp³-hybridized carbons (Fsp3) is 0.375. The number of benzene rings is 1. The highest BCUT2D eigenvalue weighted by Crippen LogP contribution is 2.23. The molecule has 2 heterocycles. The minimum atomic E-state index is -0.205. The van der Waals surface area contributed by atoms with E-state index in [1.165, 1.54) is 11.8 Å². The Hall–Kier alpha value is -2.15. The summed E-state index contributed by atoms with van der Waals surface area (Å²) >= 11 is 1.43. The fourth-order valence-corrected chi connectivity index (χ4v) is 3.01. The Bertz CT molecular complexity index is 852. The second kappa shape index (κ2) is 6.16. The molecule has 23 heavy (non-hydrogen) atoms. The molecule has 0 aliphatic heterocycles. The van der Waals surface area contributed by atoms with Gasteiger partial charge in [-0.15, -0.1) is 10.2 Å². The zero-order valence-electron chi connectivity index (χ0n) is 13.4. The standard InChI is InChI=1S/C16H19N5OS/c1-16(2,3)19-12(22)8-9-23-15-18-14-13(20-21-15)10-6-4-5-7-11(10)17-14/h4-7H,8-9H2,1-3H3,(H,19,22)(H,17,18,21). The van der Waals surface area contributed by atoms with Crippen LogP contribution in [0.15, 0.2) is 29.4 Å². The first kappa shape index (κ1) is 15.7.